The highest BCUT2D eigenvalue weighted by Gasteiger charge is 2.35. The Morgan fingerprint density at radius 1 is 0.714 bits per heavy atom. The number of aliphatic imine (C=N–C) groups is 1. The van der Waals surface area contributed by atoms with Gasteiger partial charge in [-0.3, -0.25) is 48.1 Å². The molecule has 4 aromatic carbocycles. The zero-order valence-electron chi connectivity index (χ0n) is 47.1. The molecule has 6 aromatic rings. The molecule has 0 aliphatic carbocycles. The Labute approximate surface area is 485 Å². The highest BCUT2D eigenvalue weighted by atomic mass is 16.2. The number of amides is 9. The van der Waals surface area contributed by atoms with E-state index in [0.29, 0.717) is 29.7 Å². The first-order valence-corrected chi connectivity index (χ1v) is 28.3. The largest absolute Gasteiger partial charge is 0.370 e. The lowest BCUT2D eigenvalue weighted by molar-refractivity contribution is -0.136. The van der Waals surface area contributed by atoms with Crippen LogP contribution in [0.25, 0.3) is 32.8 Å². The van der Waals surface area contributed by atoms with E-state index in [1.165, 1.54) is 19.4 Å². The molecule has 24 heteroatoms. The number of guanidine groups is 1. The SMILES string of the molecule is CCCC[C@H](NC(C)=O)C(=O)N[C@H]1CC(=O)NCCCC[C@@H](C(N)=O)NC(=O)[C@H](Cc2c[nH]c3ccccc23)NC(=O)[C@H](CCCN=C(N)N)NC(=O)[C@@H](Cc2cccc(-c3cccc4ccccc34)c2)NC(=O)[C@H](Cc2cnc[nH]2)NC1=O. The summed E-state index contributed by atoms with van der Waals surface area (Å²) in [6.07, 6.45) is 5.54. The predicted octanol–water partition coefficient (Wildman–Crippen LogP) is 1.57. The average Bonchev–Trinajstić information content (AvgIpc) is 4.18. The fourth-order valence-corrected chi connectivity index (χ4v) is 10.1. The Bertz CT molecular complexity index is 3320. The number of imidazole rings is 1. The number of carbonyl (C=O) groups excluding carboxylic acids is 9. The van der Waals surface area contributed by atoms with E-state index in [2.05, 4.69) is 62.5 Å². The second-order valence-corrected chi connectivity index (χ2v) is 20.9. The van der Waals surface area contributed by atoms with E-state index in [1.54, 1.807) is 12.3 Å². The van der Waals surface area contributed by atoms with Crippen molar-refractivity contribution >= 4 is 80.8 Å². The van der Waals surface area contributed by atoms with Crippen LogP contribution in [0.2, 0.25) is 0 Å². The maximum atomic E-state index is 15.2. The number of primary amides is 1. The molecule has 9 amide bonds. The zero-order valence-corrected chi connectivity index (χ0v) is 47.1. The van der Waals surface area contributed by atoms with Gasteiger partial charge in [-0.25, -0.2) is 4.98 Å². The second kappa shape index (κ2) is 30.4. The summed E-state index contributed by atoms with van der Waals surface area (Å²) < 4.78 is 0. The quantitative estimate of drug-likeness (QED) is 0.0332. The minimum absolute atomic E-state index is 0.0303. The van der Waals surface area contributed by atoms with Crippen molar-refractivity contribution in [1.29, 1.82) is 0 Å². The Kier molecular flexibility index (Phi) is 22.5. The van der Waals surface area contributed by atoms with Crippen LogP contribution in [0, 0.1) is 0 Å². The molecule has 444 valence electrons. The number of hydrogen-bond donors (Lipinski definition) is 13. The lowest BCUT2D eigenvalue weighted by Gasteiger charge is -2.28. The van der Waals surface area contributed by atoms with Crippen LogP contribution in [-0.4, -0.2) is 129 Å². The monoisotopic (exact) mass is 1150 g/mol. The molecule has 2 aromatic heterocycles. The van der Waals surface area contributed by atoms with Gasteiger partial charge in [0, 0.05) is 68.3 Å². The summed E-state index contributed by atoms with van der Waals surface area (Å²) >= 11 is 0. The van der Waals surface area contributed by atoms with Gasteiger partial charge < -0.3 is 69.7 Å². The van der Waals surface area contributed by atoms with Gasteiger partial charge in [-0.05, 0) is 77.6 Å². The van der Waals surface area contributed by atoms with E-state index in [4.69, 9.17) is 17.2 Å². The number of aromatic amines is 2. The maximum Gasteiger partial charge on any atom is 0.243 e. The first-order chi connectivity index (χ1) is 40.5. The maximum absolute atomic E-state index is 15.2. The third kappa shape index (κ3) is 17.9. The number of nitrogens with one attached hydrogen (secondary N) is 10. The van der Waals surface area contributed by atoms with E-state index in [1.807, 2.05) is 91.9 Å². The number of rotatable bonds is 18. The first kappa shape index (κ1) is 62.0. The number of aromatic nitrogens is 3. The molecule has 7 atom stereocenters. The van der Waals surface area contributed by atoms with Crippen molar-refractivity contribution in [3.05, 3.63) is 127 Å². The average molecular weight is 1150 g/mol. The first-order valence-electron chi connectivity index (χ1n) is 28.3. The highest BCUT2D eigenvalue weighted by Crippen LogP contribution is 2.29. The van der Waals surface area contributed by atoms with Gasteiger partial charge in [0.05, 0.1) is 12.7 Å². The number of benzene rings is 4. The van der Waals surface area contributed by atoms with Crippen LogP contribution >= 0.6 is 0 Å². The third-order valence-electron chi connectivity index (χ3n) is 14.5. The molecule has 0 saturated carbocycles. The molecule has 7 rings (SSSR count). The molecule has 1 aliphatic heterocycles. The van der Waals surface area contributed by atoms with Gasteiger partial charge in [-0.1, -0.05) is 105 Å². The van der Waals surface area contributed by atoms with Crippen molar-refractivity contribution < 1.29 is 43.2 Å². The number of hydrogen-bond acceptors (Lipinski definition) is 11. The number of nitrogens with zero attached hydrogens (tertiary/aromatic N) is 2. The van der Waals surface area contributed by atoms with Crippen molar-refractivity contribution in [3.63, 3.8) is 0 Å². The normalized spacial score (nSPS) is 20.2. The van der Waals surface area contributed by atoms with Gasteiger partial charge in [0.25, 0.3) is 0 Å². The molecule has 24 nitrogen and oxygen atoms in total. The molecular weight excluding hydrogens is 1070 g/mol. The standard InChI is InChI=1S/C60H75N15O9/c1-3-4-21-46(69-35(2)76)54(79)75-51-31-52(77)65-25-10-9-23-45(53(61)78)70-57(82)49(29-39-32-67-44-22-8-7-19-43(39)44)73-55(80)47(24-13-26-66-60(62)63)71-56(81)48(72-58(83)50(74-59(51)84)30-40-33-64-34-68-40)28-36-14-11-17-38(27-36)42-20-12-16-37-15-5-6-18-41(37)42/h5-8,11-12,14-20,22,27,32-34,45-51,67H,3-4,9-10,13,21,23-26,28-31H2,1-2H3,(H2,61,78)(H,64,68)(H,65,77)(H,69,76)(H,70,82)(H,71,81)(H,72,83)(H,73,80)(H,74,84)(H,75,79)(H4,62,63,66)/t45-,46-,47-,48+,49-,50-,51-/m0/s1. The van der Waals surface area contributed by atoms with Crippen molar-refractivity contribution in [1.82, 2.24) is 57.5 Å². The van der Waals surface area contributed by atoms with Gasteiger partial charge in [0.1, 0.15) is 42.3 Å². The molecule has 0 bridgehead atoms. The van der Waals surface area contributed by atoms with E-state index in [9.17, 15) is 33.6 Å². The zero-order chi connectivity index (χ0) is 60.1. The number of H-pyrrole nitrogens is 2. The van der Waals surface area contributed by atoms with E-state index in [-0.39, 0.29) is 76.8 Å². The lowest BCUT2D eigenvalue weighted by atomic mass is 9.95. The Morgan fingerprint density at radius 3 is 2.11 bits per heavy atom. The van der Waals surface area contributed by atoms with E-state index >= 15 is 9.59 Å². The Morgan fingerprint density at radius 2 is 1.38 bits per heavy atom. The Balaban J connectivity index is 1.30. The fourth-order valence-electron chi connectivity index (χ4n) is 10.1. The highest BCUT2D eigenvalue weighted by molar-refractivity contribution is 6.00. The van der Waals surface area contributed by atoms with Crippen LogP contribution in [0.5, 0.6) is 0 Å². The molecule has 0 unspecified atom stereocenters. The van der Waals surface area contributed by atoms with Gasteiger partial charge in [0.2, 0.25) is 53.2 Å². The van der Waals surface area contributed by atoms with Gasteiger partial charge in [0.15, 0.2) is 5.96 Å². The van der Waals surface area contributed by atoms with Crippen molar-refractivity contribution in [2.45, 2.75) is 133 Å². The minimum Gasteiger partial charge on any atom is -0.370 e. The Hall–Kier alpha value is -9.61. The van der Waals surface area contributed by atoms with Crippen molar-refractivity contribution in [2.75, 3.05) is 13.1 Å². The van der Waals surface area contributed by atoms with Gasteiger partial charge in [-0.2, -0.15) is 0 Å². The minimum atomic E-state index is -1.60. The van der Waals surface area contributed by atoms with Gasteiger partial charge in [-0.15, -0.1) is 0 Å². The summed E-state index contributed by atoms with van der Waals surface area (Å²) in [5.41, 5.74) is 21.3. The molecule has 3 heterocycles. The van der Waals surface area contributed by atoms with Crippen LogP contribution < -0.4 is 59.7 Å². The van der Waals surface area contributed by atoms with Crippen molar-refractivity contribution in [3.8, 4) is 11.1 Å². The summed E-state index contributed by atoms with van der Waals surface area (Å²) in [6, 6.07) is 18.9. The van der Waals surface area contributed by atoms with E-state index in [0.717, 1.165) is 32.8 Å². The molecular formula is C60H75N15O9. The number of fused-ring (bicyclic) bond motifs is 2. The summed E-state index contributed by atoms with van der Waals surface area (Å²) in [6.45, 7) is 3.24. The topological polar surface area (TPSA) is 385 Å². The number of carbonyl (C=O) groups is 9. The fraction of sp³-hybridized carbons (Fsp3) is 0.383. The van der Waals surface area contributed by atoms with Gasteiger partial charge >= 0.3 is 0 Å². The molecule has 1 saturated heterocycles. The molecule has 1 fully saturated rings. The molecule has 0 spiro atoms. The lowest BCUT2D eigenvalue weighted by Crippen LogP contribution is -2.61. The third-order valence-corrected chi connectivity index (χ3v) is 14.5. The molecule has 0 radical (unpaired) electrons. The van der Waals surface area contributed by atoms with Crippen LogP contribution in [0.15, 0.2) is 115 Å². The number of para-hydroxylation sites is 1. The summed E-state index contributed by atoms with van der Waals surface area (Å²) in [7, 11) is 0. The summed E-state index contributed by atoms with van der Waals surface area (Å²) in [4.78, 5) is 142. The van der Waals surface area contributed by atoms with E-state index < -0.39 is 102 Å². The number of nitrogens with two attached hydrogens (primary N) is 3. The van der Waals surface area contributed by atoms with Crippen LogP contribution in [-0.2, 0) is 62.4 Å². The molecule has 16 N–H and O–H groups in total. The second-order valence-electron chi connectivity index (χ2n) is 20.9. The van der Waals surface area contributed by atoms with Crippen LogP contribution in [0.3, 0.4) is 0 Å². The van der Waals surface area contributed by atoms with Crippen LogP contribution in [0.1, 0.15) is 88.5 Å². The smallest absolute Gasteiger partial charge is 0.243 e. The molecule has 84 heavy (non-hydrogen) atoms. The van der Waals surface area contributed by atoms with Crippen molar-refractivity contribution in [2.24, 2.45) is 22.2 Å². The summed E-state index contributed by atoms with van der Waals surface area (Å²) in [5, 5.41) is 24.7. The molecule has 1 aliphatic rings. The summed E-state index contributed by atoms with van der Waals surface area (Å²) in [5.74, 6) is -7.19. The number of unbranched alkanes of at least 4 members (excludes halogenated alkanes) is 1. The van der Waals surface area contributed by atoms with Crippen LogP contribution in [0.4, 0.5) is 0 Å². The predicted molar refractivity (Wildman–Crippen MR) is 317 cm³/mol.